The second kappa shape index (κ2) is 8.91. The highest BCUT2D eigenvalue weighted by atomic mass is 16.2. The van der Waals surface area contributed by atoms with Crippen LogP contribution in [0.2, 0.25) is 0 Å². The quantitative estimate of drug-likeness (QED) is 0.697. The molecule has 1 heterocycles. The first-order chi connectivity index (χ1) is 9.19. The van der Waals surface area contributed by atoms with Crippen molar-refractivity contribution in [3.8, 4) is 0 Å². The zero-order valence-corrected chi connectivity index (χ0v) is 12.3. The fourth-order valence-electron chi connectivity index (χ4n) is 2.38. The van der Waals surface area contributed by atoms with Crippen LogP contribution in [0.1, 0.15) is 39.5 Å². The molecular weight excluding hydrogens is 242 g/mol. The van der Waals surface area contributed by atoms with Crippen LogP contribution in [0.5, 0.6) is 0 Å². The molecule has 1 N–H and O–H groups in total. The lowest BCUT2D eigenvalue weighted by Gasteiger charge is -2.26. The molecule has 0 aliphatic carbocycles. The third-order valence-electron chi connectivity index (χ3n) is 3.62. The maximum absolute atomic E-state index is 11.9. The van der Waals surface area contributed by atoms with Crippen LogP contribution in [0.3, 0.4) is 0 Å². The van der Waals surface area contributed by atoms with Gasteiger partial charge in [0.2, 0.25) is 11.8 Å². The molecule has 1 fully saturated rings. The van der Waals surface area contributed by atoms with Gasteiger partial charge >= 0.3 is 0 Å². The molecule has 0 saturated carbocycles. The summed E-state index contributed by atoms with van der Waals surface area (Å²) in [6, 6.07) is 0. The van der Waals surface area contributed by atoms with Crippen molar-refractivity contribution in [2.24, 2.45) is 0 Å². The Morgan fingerprint density at radius 3 is 2.32 bits per heavy atom. The minimum atomic E-state index is 0.155. The summed E-state index contributed by atoms with van der Waals surface area (Å²) in [6.45, 7) is 8.17. The van der Waals surface area contributed by atoms with E-state index in [1.165, 1.54) is 6.42 Å². The molecule has 1 rings (SSSR count). The van der Waals surface area contributed by atoms with Crippen LogP contribution in [0.15, 0.2) is 0 Å². The first kappa shape index (κ1) is 16.0. The van der Waals surface area contributed by atoms with E-state index in [-0.39, 0.29) is 11.8 Å². The molecule has 0 spiro atoms. The Morgan fingerprint density at radius 2 is 1.74 bits per heavy atom. The number of hydrogen-bond donors (Lipinski definition) is 1. The van der Waals surface area contributed by atoms with Crippen LogP contribution in [0.25, 0.3) is 0 Å². The van der Waals surface area contributed by atoms with Gasteiger partial charge in [-0.3, -0.25) is 9.59 Å². The number of carbonyl (C=O) groups is 2. The van der Waals surface area contributed by atoms with Gasteiger partial charge in [-0.05, 0) is 33.1 Å². The van der Waals surface area contributed by atoms with Crippen molar-refractivity contribution in [2.75, 3.05) is 39.3 Å². The van der Waals surface area contributed by atoms with Crippen molar-refractivity contribution in [1.29, 1.82) is 0 Å². The number of likely N-dealkylation sites (tertiary alicyclic amines) is 1. The summed E-state index contributed by atoms with van der Waals surface area (Å²) in [4.78, 5) is 27.3. The number of piperidine rings is 1. The average Bonchev–Trinajstić information content (AvgIpc) is 2.45. The Kier molecular flexibility index (Phi) is 7.48. The first-order valence-corrected chi connectivity index (χ1v) is 7.45. The molecule has 0 aromatic carbocycles. The molecule has 1 saturated heterocycles. The van der Waals surface area contributed by atoms with Gasteiger partial charge in [-0.15, -0.1) is 0 Å². The van der Waals surface area contributed by atoms with Gasteiger partial charge in [-0.1, -0.05) is 0 Å². The van der Waals surface area contributed by atoms with Crippen molar-refractivity contribution >= 4 is 11.8 Å². The zero-order valence-electron chi connectivity index (χ0n) is 12.3. The van der Waals surface area contributed by atoms with E-state index in [0.29, 0.717) is 19.5 Å². The fourth-order valence-corrected chi connectivity index (χ4v) is 2.38. The Balaban J connectivity index is 2.12. The van der Waals surface area contributed by atoms with Gasteiger partial charge in [0.1, 0.15) is 0 Å². The third-order valence-corrected chi connectivity index (χ3v) is 3.62. The van der Waals surface area contributed by atoms with Crippen LogP contribution in [-0.4, -0.2) is 60.9 Å². The smallest absolute Gasteiger partial charge is 0.236 e. The second-order valence-corrected chi connectivity index (χ2v) is 4.93. The Labute approximate surface area is 116 Å². The van der Waals surface area contributed by atoms with Crippen LogP contribution in [0, 0.1) is 0 Å². The fraction of sp³-hybridized carbons (Fsp3) is 0.857. The van der Waals surface area contributed by atoms with Crippen LogP contribution >= 0.6 is 0 Å². The number of hydrogen-bond acceptors (Lipinski definition) is 3. The van der Waals surface area contributed by atoms with E-state index >= 15 is 0 Å². The van der Waals surface area contributed by atoms with E-state index < -0.39 is 0 Å². The highest BCUT2D eigenvalue weighted by molar-refractivity contribution is 5.78. The van der Waals surface area contributed by atoms with Gasteiger partial charge < -0.3 is 15.1 Å². The molecule has 1 aliphatic rings. The predicted molar refractivity (Wildman–Crippen MR) is 75.8 cm³/mol. The Hall–Kier alpha value is -1.10. The zero-order chi connectivity index (χ0) is 14.1. The summed E-state index contributed by atoms with van der Waals surface area (Å²) in [5.74, 6) is 0.318. The third kappa shape index (κ3) is 5.59. The van der Waals surface area contributed by atoms with Gasteiger partial charge in [0.25, 0.3) is 0 Å². The average molecular weight is 269 g/mol. The van der Waals surface area contributed by atoms with Gasteiger partial charge in [-0.25, -0.2) is 0 Å². The SMILES string of the molecule is CCN(CC)C(=O)CCNCC(=O)N1CCCCC1. The van der Waals surface area contributed by atoms with E-state index in [4.69, 9.17) is 0 Å². The van der Waals surface area contributed by atoms with E-state index in [1.807, 2.05) is 23.6 Å². The molecule has 1 aliphatic heterocycles. The minimum Gasteiger partial charge on any atom is -0.343 e. The molecule has 19 heavy (non-hydrogen) atoms. The van der Waals surface area contributed by atoms with E-state index in [2.05, 4.69) is 5.32 Å². The number of amides is 2. The topological polar surface area (TPSA) is 52.7 Å². The van der Waals surface area contributed by atoms with E-state index in [0.717, 1.165) is 39.0 Å². The standard InChI is InChI=1S/C14H27N3O2/c1-3-16(4-2)13(18)8-9-15-12-14(19)17-10-6-5-7-11-17/h15H,3-12H2,1-2H3. The molecule has 110 valence electrons. The van der Waals surface area contributed by atoms with Crippen LogP contribution in [0.4, 0.5) is 0 Å². The van der Waals surface area contributed by atoms with E-state index in [1.54, 1.807) is 0 Å². The lowest BCUT2D eigenvalue weighted by molar-refractivity contribution is -0.132. The van der Waals surface area contributed by atoms with Crippen LogP contribution < -0.4 is 5.32 Å². The summed E-state index contributed by atoms with van der Waals surface area (Å²) < 4.78 is 0. The monoisotopic (exact) mass is 269 g/mol. The molecule has 0 radical (unpaired) electrons. The summed E-state index contributed by atoms with van der Waals surface area (Å²) in [7, 11) is 0. The second-order valence-electron chi connectivity index (χ2n) is 4.93. The van der Waals surface area contributed by atoms with Gasteiger partial charge in [0.15, 0.2) is 0 Å². The highest BCUT2D eigenvalue weighted by Crippen LogP contribution is 2.08. The highest BCUT2D eigenvalue weighted by Gasteiger charge is 2.16. The molecule has 0 atom stereocenters. The maximum atomic E-state index is 11.9. The lowest BCUT2D eigenvalue weighted by atomic mass is 10.1. The molecule has 0 aromatic heterocycles. The molecule has 0 unspecified atom stereocenters. The first-order valence-electron chi connectivity index (χ1n) is 7.45. The minimum absolute atomic E-state index is 0.155. The summed E-state index contributed by atoms with van der Waals surface area (Å²) >= 11 is 0. The number of carbonyl (C=O) groups excluding carboxylic acids is 2. The van der Waals surface area contributed by atoms with Crippen molar-refractivity contribution in [3.05, 3.63) is 0 Å². The van der Waals surface area contributed by atoms with Gasteiger partial charge in [0.05, 0.1) is 6.54 Å². The largest absolute Gasteiger partial charge is 0.343 e. The lowest BCUT2D eigenvalue weighted by Crippen LogP contribution is -2.42. The summed E-state index contributed by atoms with van der Waals surface area (Å²) in [5.41, 5.74) is 0. The van der Waals surface area contributed by atoms with Crippen LogP contribution in [-0.2, 0) is 9.59 Å². The predicted octanol–water partition coefficient (Wildman–Crippen LogP) is 0.847. The number of nitrogens with one attached hydrogen (secondary N) is 1. The molecule has 5 nitrogen and oxygen atoms in total. The molecular formula is C14H27N3O2. The number of rotatable bonds is 7. The van der Waals surface area contributed by atoms with Crippen molar-refractivity contribution in [2.45, 2.75) is 39.5 Å². The normalized spacial score (nSPS) is 15.4. The molecule has 0 bridgehead atoms. The van der Waals surface area contributed by atoms with Crippen molar-refractivity contribution in [3.63, 3.8) is 0 Å². The Morgan fingerprint density at radius 1 is 1.11 bits per heavy atom. The number of nitrogens with zero attached hydrogens (tertiary/aromatic N) is 2. The summed E-state index contributed by atoms with van der Waals surface area (Å²) in [5, 5.41) is 3.08. The summed E-state index contributed by atoms with van der Waals surface area (Å²) in [6.07, 6.45) is 3.93. The molecule has 0 aromatic rings. The van der Waals surface area contributed by atoms with Crippen molar-refractivity contribution < 1.29 is 9.59 Å². The molecule has 2 amide bonds. The van der Waals surface area contributed by atoms with Crippen molar-refractivity contribution in [1.82, 2.24) is 15.1 Å². The van der Waals surface area contributed by atoms with Gasteiger partial charge in [0, 0.05) is 39.1 Å². The molecule has 5 heteroatoms. The maximum Gasteiger partial charge on any atom is 0.236 e. The van der Waals surface area contributed by atoms with E-state index in [9.17, 15) is 9.59 Å². The Bertz CT molecular complexity index is 284. The van der Waals surface area contributed by atoms with Gasteiger partial charge in [-0.2, -0.15) is 0 Å².